The van der Waals surface area contributed by atoms with Gasteiger partial charge in [-0.15, -0.1) is 0 Å². The van der Waals surface area contributed by atoms with E-state index in [-0.39, 0.29) is 17.5 Å². The molecule has 0 bridgehead atoms. The van der Waals surface area contributed by atoms with E-state index in [1.165, 1.54) is 6.20 Å². The zero-order chi connectivity index (χ0) is 20.5. The third-order valence-corrected chi connectivity index (χ3v) is 4.59. The Hall–Kier alpha value is -3.16. The number of nitro groups is 1. The van der Waals surface area contributed by atoms with Crippen molar-refractivity contribution in [2.24, 2.45) is 0 Å². The van der Waals surface area contributed by atoms with Crippen molar-refractivity contribution in [3.63, 3.8) is 0 Å². The molecule has 1 heterocycles. The van der Waals surface area contributed by atoms with Crippen molar-refractivity contribution in [2.75, 3.05) is 5.73 Å². The number of aryl methyl sites for hydroxylation is 1. The van der Waals surface area contributed by atoms with Crippen LogP contribution in [-0.4, -0.2) is 21.6 Å². The zero-order valence-electron chi connectivity index (χ0n) is 16.2. The van der Waals surface area contributed by atoms with Crippen LogP contribution >= 0.6 is 0 Å². The van der Waals surface area contributed by atoms with Gasteiger partial charge in [-0.2, -0.15) is 0 Å². The second-order valence-electron chi connectivity index (χ2n) is 7.85. The number of nitrogen functional groups attached to an aromatic ring is 1. The van der Waals surface area contributed by atoms with Gasteiger partial charge in [0.15, 0.2) is 0 Å². The molecule has 2 aromatic rings. The Morgan fingerprint density at radius 1 is 1.36 bits per heavy atom. The van der Waals surface area contributed by atoms with E-state index in [0.29, 0.717) is 11.1 Å². The number of amides is 1. The summed E-state index contributed by atoms with van der Waals surface area (Å²) in [6, 6.07) is 7.10. The number of nitrogens with two attached hydrogens (primary N) is 1. The van der Waals surface area contributed by atoms with Gasteiger partial charge in [0.25, 0.3) is 0 Å². The Labute approximate surface area is 163 Å². The molecule has 0 radical (unpaired) electrons. The van der Waals surface area contributed by atoms with Gasteiger partial charge < -0.3 is 15.8 Å². The van der Waals surface area contributed by atoms with E-state index in [2.05, 4.69) is 10.3 Å². The van der Waals surface area contributed by atoms with Gasteiger partial charge in [-0.1, -0.05) is 18.2 Å². The highest BCUT2D eigenvalue weighted by Crippen LogP contribution is 2.37. The van der Waals surface area contributed by atoms with E-state index >= 15 is 0 Å². The van der Waals surface area contributed by atoms with E-state index in [0.717, 1.165) is 30.4 Å². The predicted octanol–water partition coefficient (Wildman–Crippen LogP) is 4.14. The van der Waals surface area contributed by atoms with Gasteiger partial charge in [0.1, 0.15) is 5.60 Å². The van der Waals surface area contributed by atoms with Crippen LogP contribution < -0.4 is 11.1 Å². The van der Waals surface area contributed by atoms with Gasteiger partial charge >= 0.3 is 11.8 Å². The normalized spacial score (nSPS) is 16.2. The van der Waals surface area contributed by atoms with Crippen molar-refractivity contribution in [1.82, 2.24) is 10.3 Å². The zero-order valence-corrected chi connectivity index (χ0v) is 16.2. The number of alkyl carbamates (subject to hydrolysis) is 1. The number of nitrogens with zero attached hydrogens (tertiary/aromatic N) is 2. The lowest BCUT2D eigenvalue weighted by atomic mass is 9.85. The third kappa shape index (κ3) is 4.21. The van der Waals surface area contributed by atoms with Crippen molar-refractivity contribution >= 4 is 17.6 Å². The molecule has 3 rings (SSSR count). The van der Waals surface area contributed by atoms with Crippen LogP contribution in [0.3, 0.4) is 0 Å². The number of pyridine rings is 1. The van der Waals surface area contributed by atoms with Gasteiger partial charge in [0, 0.05) is 6.20 Å². The molecule has 3 N–H and O–H groups in total. The van der Waals surface area contributed by atoms with Gasteiger partial charge in [-0.05, 0) is 62.8 Å². The first-order chi connectivity index (χ1) is 13.2. The average molecular weight is 384 g/mol. The van der Waals surface area contributed by atoms with Gasteiger partial charge in [-0.3, -0.25) is 10.1 Å². The Morgan fingerprint density at radius 2 is 2.11 bits per heavy atom. The number of nitrogens with one attached hydrogen (secondary N) is 1. The smallest absolute Gasteiger partial charge is 0.408 e. The minimum absolute atomic E-state index is 0.107. The lowest BCUT2D eigenvalue weighted by molar-refractivity contribution is -0.383. The molecule has 0 spiro atoms. The number of rotatable bonds is 3. The SMILES string of the molecule is CC(C)(C)OC(=O)NC1CCCc2cc(-c3ccnc(N)c3[N+](=O)[O-])ccc21. The topological polar surface area (TPSA) is 120 Å². The standard InChI is InChI=1S/C20H24N4O4/c1-20(2,3)28-19(25)23-16-6-4-5-12-11-13(7-8-14(12)16)15-9-10-22-18(21)17(15)24(26)27/h7-11,16H,4-6H2,1-3H3,(H2,21,22)(H,23,25). The fourth-order valence-corrected chi connectivity index (χ4v) is 3.48. The largest absolute Gasteiger partial charge is 0.444 e. The fraction of sp³-hybridized carbons (Fsp3) is 0.400. The minimum atomic E-state index is -0.564. The highest BCUT2D eigenvalue weighted by Gasteiger charge is 2.26. The monoisotopic (exact) mass is 384 g/mol. The molecule has 1 aliphatic rings. The van der Waals surface area contributed by atoms with Gasteiger partial charge in [0.2, 0.25) is 5.82 Å². The number of hydrogen-bond acceptors (Lipinski definition) is 6. The molecule has 0 aliphatic heterocycles. The first kappa shape index (κ1) is 19.6. The van der Waals surface area contributed by atoms with Crippen LogP contribution in [0.15, 0.2) is 30.5 Å². The van der Waals surface area contributed by atoms with Crippen LogP contribution in [0.2, 0.25) is 0 Å². The first-order valence-electron chi connectivity index (χ1n) is 9.17. The molecule has 1 aliphatic carbocycles. The van der Waals surface area contributed by atoms with Gasteiger partial charge in [-0.25, -0.2) is 9.78 Å². The van der Waals surface area contributed by atoms with E-state index in [4.69, 9.17) is 10.5 Å². The summed E-state index contributed by atoms with van der Waals surface area (Å²) < 4.78 is 5.36. The summed E-state index contributed by atoms with van der Waals surface area (Å²) in [5.74, 6) is -0.107. The highest BCUT2D eigenvalue weighted by atomic mass is 16.6. The van der Waals surface area contributed by atoms with E-state index in [1.54, 1.807) is 6.07 Å². The summed E-state index contributed by atoms with van der Waals surface area (Å²) in [6.45, 7) is 5.46. The highest BCUT2D eigenvalue weighted by molar-refractivity contribution is 5.79. The number of aromatic nitrogens is 1. The minimum Gasteiger partial charge on any atom is -0.444 e. The van der Waals surface area contributed by atoms with Gasteiger partial charge in [0.05, 0.1) is 16.5 Å². The summed E-state index contributed by atoms with van der Waals surface area (Å²) in [7, 11) is 0. The molecular formula is C20H24N4O4. The number of hydrogen-bond donors (Lipinski definition) is 2. The number of anilines is 1. The van der Waals surface area contributed by atoms with Crippen LogP contribution in [0.1, 0.15) is 50.8 Å². The van der Waals surface area contributed by atoms with Crippen molar-refractivity contribution in [1.29, 1.82) is 0 Å². The predicted molar refractivity (Wildman–Crippen MR) is 106 cm³/mol. The quantitative estimate of drug-likeness (QED) is 0.606. The first-order valence-corrected chi connectivity index (χ1v) is 9.17. The summed E-state index contributed by atoms with van der Waals surface area (Å²) in [4.78, 5) is 26.9. The summed E-state index contributed by atoms with van der Waals surface area (Å²) in [5, 5.41) is 14.3. The van der Waals surface area contributed by atoms with Crippen LogP contribution in [0.25, 0.3) is 11.1 Å². The number of fused-ring (bicyclic) bond motifs is 1. The third-order valence-electron chi connectivity index (χ3n) is 4.59. The lowest BCUT2D eigenvalue weighted by Gasteiger charge is -2.28. The molecule has 1 amide bonds. The molecule has 148 valence electrons. The Kier molecular flexibility index (Phi) is 5.22. The molecular weight excluding hydrogens is 360 g/mol. The van der Waals surface area contributed by atoms with E-state index < -0.39 is 16.6 Å². The van der Waals surface area contributed by atoms with Crippen molar-refractivity contribution in [3.05, 3.63) is 51.7 Å². The molecule has 8 heteroatoms. The number of benzene rings is 1. The molecule has 28 heavy (non-hydrogen) atoms. The van der Waals surface area contributed by atoms with E-state index in [9.17, 15) is 14.9 Å². The molecule has 1 aromatic heterocycles. The van der Waals surface area contributed by atoms with Crippen LogP contribution in [0, 0.1) is 10.1 Å². The van der Waals surface area contributed by atoms with E-state index in [1.807, 2.05) is 39.0 Å². The molecule has 1 atom stereocenters. The van der Waals surface area contributed by atoms with Crippen LogP contribution in [0.5, 0.6) is 0 Å². The summed E-state index contributed by atoms with van der Waals surface area (Å²) >= 11 is 0. The fourth-order valence-electron chi connectivity index (χ4n) is 3.48. The molecule has 0 fully saturated rings. The van der Waals surface area contributed by atoms with Crippen LogP contribution in [0.4, 0.5) is 16.3 Å². The molecule has 0 saturated heterocycles. The molecule has 0 saturated carbocycles. The number of ether oxygens (including phenoxy) is 1. The molecule has 8 nitrogen and oxygen atoms in total. The molecule has 1 aromatic carbocycles. The summed E-state index contributed by atoms with van der Waals surface area (Å²) in [6.07, 6.45) is 3.56. The summed E-state index contributed by atoms with van der Waals surface area (Å²) in [5.41, 5.74) is 8.15. The maximum Gasteiger partial charge on any atom is 0.408 e. The van der Waals surface area contributed by atoms with Crippen molar-refractivity contribution in [2.45, 2.75) is 51.7 Å². The Balaban J connectivity index is 1.91. The second-order valence-corrected chi connectivity index (χ2v) is 7.85. The van der Waals surface area contributed by atoms with Crippen molar-refractivity contribution < 1.29 is 14.5 Å². The lowest BCUT2D eigenvalue weighted by Crippen LogP contribution is -2.36. The molecule has 1 unspecified atom stereocenters. The maximum absolute atomic E-state index is 12.2. The number of carbonyl (C=O) groups is 1. The Bertz CT molecular complexity index is 921. The average Bonchev–Trinajstić information content (AvgIpc) is 2.59. The number of carbonyl (C=O) groups excluding carboxylic acids is 1. The Morgan fingerprint density at radius 3 is 2.79 bits per heavy atom. The maximum atomic E-state index is 12.2. The second kappa shape index (κ2) is 7.46. The van der Waals surface area contributed by atoms with Crippen LogP contribution in [-0.2, 0) is 11.2 Å². The van der Waals surface area contributed by atoms with Crippen molar-refractivity contribution in [3.8, 4) is 11.1 Å².